The van der Waals surface area contributed by atoms with E-state index in [9.17, 15) is 13.2 Å². The molecule has 1 saturated carbocycles. The molecule has 0 bridgehead atoms. The molecule has 1 unspecified atom stereocenters. The Kier molecular flexibility index (Phi) is 2.35. The summed E-state index contributed by atoms with van der Waals surface area (Å²) in [5, 5.41) is 0. The van der Waals surface area contributed by atoms with E-state index in [1.807, 2.05) is 0 Å². The topological polar surface area (TPSA) is 26.0 Å². The minimum absolute atomic E-state index is 0.0122. The van der Waals surface area contributed by atoms with Crippen LogP contribution in [0.5, 0.6) is 0 Å². The van der Waals surface area contributed by atoms with Crippen molar-refractivity contribution in [1.29, 1.82) is 0 Å². The second-order valence-corrected chi connectivity index (χ2v) is 4.71. The molecule has 0 radical (unpaired) electrons. The highest BCUT2D eigenvalue weighted by atomic mass is 79.9. The summed E-state index contributed by atoms with van der Waals surface area (Å²) in [6, 6.07) is 4.10. The molecule has 15 heavy (non-hydrogen) atoms. The van der Waals surface area contributed by atoms with Crippen molar-refractivity contribution in [1.82, 2.24) is 0 Å². The first-order chi connectivity index (χ1) is 6.93. The number of halogens is 4. The average Bonchev–Trinajstić information content (AvgIpc) is 2.69. The Morgan fingerprint density at radius 1 is 1.40 bits per heavy atom. The van der Waals surface area contributed by atoms with Gasteiger partial charge >= 0.3 is 0 Å². The Hall–Kier alpha value is -0.550. The van der Waals surface area contributed by atoms with Gasteiger partial charge in [-0.3, -0.25) is 0 Å². The van der Waals surface area contributed by atoms with Crippen molar-refractivity contribution < 1.29 is 13.2 Å². The molecule has 0 saturated heterocycles. The first-order valence-electron chi connectivity index (χ1n) is 4.46. The van der Waals surface area contributed by atoms with Crippen LogP contribution in [0, 0.1) is 5.82 Å². The second-order valence-electron chi connectivity index (χ2n) is 3.79. The number of nitrogens with two attached hydrogens (primary N) is 1. The van der Waals surface area contributed by atoms with Crippen LogP contribution in [-0.2, 0) is 5.41 Å². The predicted octanol–water partition coefficient (Wildman–Crippen LogP) is 2.82. The molecule has 1 nitrogen and oxygen atoms in total. The predicted molar refractivity (Wildman–Crippen MR) is 54.4 cm³/mol. The quantitative estimate of drug-likeness (QED) is 0.885. The Labute approximate surface area is 93.6 Å². The van der Waals surface area contributed by atoms with Gasteiger partial charge in [0.1, 0.15) is 5.82 Å². The van der Waals surface area contributed by atoms with Crippen molar-refractivity contribution in [2.24, 2.45) is 5.73 Å². The second kappa shape index (κ2) is 3.22. The smallest absolute Gasteiger partial charge is 0.260 e. The molecular formula is C10H9BrF3N. The summed E-state index contributed by atoms with van der Waals surface area (Å²) in [7, 11) is 0. The van der Waals surface area contributed by atoms with E-state index in [2.05, 4.69) is 15.9 Å². The molecule has 1 aliphatic carbocycles. The number of benzene rings is 1. The van der Waals surface area contributed by atoms with Crippen molar-refractivity contribution >= 4 is 15.9 Å². The molecule has 1 aromatic rings. The highest BCUT2D eigenvalue weighted by Crippen LogP contribution is 2.61. The van der Waals surface area contributed by atoms with Crippen molar-refractivity contribution in [2.75, 3.05) is 6.54 Å². The van der Waals surface area contributed by atoms with Crippen molar-refractivity contribution in [3.05, 3.63) is 34.1 Å². The fourth-order valence-electron chi connectivity index (χ4n) is 1.84. The van der Waals surface area contributed by atoms with Gasteiger partial charge in [-0.2, -0.15) is 0 Å². The zero-order valence-corrected chi connectivity index (χ0v) is 9.32. The van der Waals surface area contributed by atoms with Gasteiger partial charge < -0.3 is 5.73 Å². The molecule has 2 rings (SSSR count). The van der Waals surface area contributed by atoms with E-state index >= 15 is 0 Å². The molecule has 0 spiro atoms. The lowest BCUT2D eigenvalue weighted by atomic mass is 9.95. The van der Waals surface area contributed by atoms with Crippen LogP contribution in [0.4, 0.5) is 13.2 Å². The molecular weight excluding hydrogens is 271 g/mol. The number of hydrogen-bond acceptors (Lipinski definition) is 1. The van der Waals surface area contributed by atoms with E-state index in [0.29, 0.717) is 4.47 Å². The molecule has 82 valence electrons. The van der Waals surface area contributed by atoms with Gasteiger partial charge in [0.05, 0.1) is 5.41 Å². The number of hydrogen-bond donors (Lipinski definition) is 1. The van der Waals surface area contributed by atoms with Crippen LogP contribution in [0.15, 0.2) is 22.7 Å². The molecule has 1 aromatic carbocycles. The zero-order chi connectivity index (χ0) is 11.3. The van der Waals surface area contributed by atoms with Gasteiger partial charge in [-0.05, 0) is 12.1 Å². The maximum Gasteiger partial charge on any atom is 0.260 e. The average molecular weight is 280 g/mol. The minimum Gasteiger partial charge on any atom is -0.329 e. The van der Waals surface area contributed by atoms with Crippen LogP contribution in [0.25, 0.3) is 0 Å². The Bertz CT molecular complexity index is 408. The Morgan fingerprint density at radius 2 is 2.00 bits per heavy atom. The molecule has 0 heterocycles. The van der Waals surface area contributed by atoms with Crippen molar-refractivity contribution in [3.8, 4) is 0 Å². The van der Waals surface area contributed by atoms with Gasteiger partial charge in [-0.1, -0.05) is 22.0 Å². The normalized spacial score (nSPS) is 27.8. The largest absolute Gasteiger partial charge is 0.329 e. The van der Waals surface area contributed by atoms with E-state index in [4.69, 9.17) is 5.73 Å². The molecule has 5 heteroatoms. The van der Waals surface area contributed by atoms with Gasteiger partial charge in [-0.15, -0.1) is 0 Å². The zero-order valence-electron chi connectivity index (χ0n) is 7.74. The molecule has 1 aliphatic rings. The van der Waals surface area contributed by atoms with E-state index in [1.54, 1.807) is 6.07 Å². The van der Waals surface area contributed by atoms with Crippen LogP contribution >= 0.6 is 15.9 Å². The fraction of sp³-hybridized carbons (Fsp3) is 0.400. The van der Waals surface area contributed by atoms with Crippen molar-refractivity contribution in [3.63, 3.8) is 0 Å². The van der Waals surface area contributed by atoms with Gasteiger partial charge in [0.2, 0.25) is 0 Å². The lowest BCUT2D eigenvalue weighted by Crippen LogP contribution is -2.27. The monoisotopic (exact) mass is 279 g/mol. The first kappa shape index (κ1) is 11.0. The standard InChI is InChI=1S/C10H9BrF3N/c11-6-1-2-7(8(12)3-6)9(5-15)4-10(9,13)14/h1-3H,4-5,15H2. The lowest BCUT2D eigenvalue weighted by molar-refractivity contribution is 0.0887. The van der Waals surface area contributed by atoms with Gasteiger partial charge in [0, 0.05) is 23.0 Å². The third-order valence-electron chi connectivity index (χ3n) is 2.89. The molecule has 0 amide bonds. The summed E-state index contributed by atoms with van der Waals surface area (Å²) in [5.74, 6) is -3.51. The van der Waals surface area contributed by atoms with E-state index < -0.39 is 17.2 Å². The van der Waals surface area contributed by atoms with Crippen LogP contribution in [0.2, 0.25) is 0 Å². The minimum atomic E-state index is -2.88. The number of rotatable bonds is 2. The summed E-state index contributed by atoms with van der Waals surface area (Å²) in [4.78, 5) is 0. The van der Waals surface area contributed by atoms with Gasteiger partial charge in [-0.25, -0.2) is 13.2 Å². The maximum atomic E-state index is 13.5. The number of alkyl halides is 2. The molecule has 1 atom stereocenters. The summed E-state index contributed by atoms with van der Waals surface area (Å²) in [6.45, 7) is -0.238. The molecule has 1 fully saturated rings. The maximum absolute atomic E-state index is 13.5. The van der Waals surface area contributed by atoms with Crippen LogP contribution in [0.3, 0.4) is 0 Å². The van der Waals surface area contributed by atoms with Gasteiger partial charge in [0.15, 0.2) is 0 Å². The van der Waals surface area contributed by atoms with Crippen LogP contribution < -0.4 is 5.73 Å². The first-order valence-corrected chi connectivity index (χ1v) is 5.26. The third-order valence-corrected chi connectivity index (χ3v) is 3.39. The Balaban J connectivity index is 2.46. The van der Waals surface area contributed by atoms with E-state index in [0.717, 1.165) is 0 Å². The fourth-order valence-corrected chi connectivity index (χ4v) is 2.17. The lowest BCUT2D eigenvalue weighted by Gasteiger charge is -2.15. The highest BCUT2D eigenvalue weighted by molar-refractivity contribution is 9.10. The summed E-state index contributed by atoms with van der Waals surface area (Å²) < 4.78 is 40.3. The molecule has 0 aromatic heterocycles. The van der Waals surface area contributed by atoms with Crippen LogP contribution in [0.1, 0.15) is 12.0 Å². The van der Waals surface area contributed by atoms with Crippen LogP contribution in [-0.4, -0.2) is 12.5 Å². The SMILES string of the molecule is NCC1(c2ccc(Br)cc2F)CC1(F)F. The molecule has 2 N–H and O–H groups in total. The highest BCUT2D eigenvalue weighted by Gasteiger charge is 2.71. The summed E-state index contributed by atoms with van der Waals surface area (Å²) in [6.07, 6.45) is -0.366. The van der Waals surface area contributed by atoms with Gasteiger partial charge in [0.25, 0.3) is 5.92 Å². The van der Waals surface area contributed by atoms with E-state index in [1.165, 1.54) is 12.1 Å². The summed E-state index contributed by atoms with van der Waals surface area (Å²) in [5.41, 5.74) is 3.85. The third kappa shape index (κ3) is 1.49. The summed E-state index contributed by atoms with van der Waals surface area (Å²) >= 11 is 3.08. The van der Waals surface area contributed by atoms with Crippen molar-refractivity contribution in [2.45, 2.75) is 17.8 Å². The molecule has 0 aliphatic heterocycles. The Morgan fingerprint density at radius 3 is 2.40 bits per heavy atom. The van der Waals surface area contributed by atoms with E-state index in [-0.39, 0.29) is 18.5 Å².